The van der Waals surface area contributed by atoms with Crippen LogP contribution in [0, 0.1) is 0 Å². The lowest BCUT2D eigenvalue weighted by molar-refractivity contribution is -0.177. The quantitative estimate of drug-likeness (QED) is 0.303. The van der Waals surface area contributed by atoms with Crippen LogP contribution >= 0.6 is 0 Å². The molecule has 1 N–H and O–H groups in total. The average Bonchev–Trinajstić information content (AvgIpc) is 2.93. The smallest absolute Gasteiger partial charge is 0.138 e. The van der Waals surface area contributed by atoms with E-state index in [1.54, 1.807) is 0 Å². The van der Waals surface area contributed by atoms with Crippen LogP contribution in [0.15, 0.2) is 0 Å². The van der Waals surface area contributed by atoms with Crippen LogP contribution in [0.5, 0.6) is 0 Å². The number of unbranched alkanes of at least 4 members (excludes halogenated alkanes) is 1. The molecule has 228 valence electrons. The Morgan fingerprint density at radius 1 is 0.526 bits per heavy atom. The molecule has 1 aliphatic rings. The third kappa shape index (κ3) is 22.3. The first-order chi connectivity index (χ1) is 18.8. The fourth-order valence-corrected chi connectivity index (χ4v) is 3.19. The van der Waals surface area contributed by atoms with Crippen molar-refractivity contribution in [3.63, 3.8) is 0 Å². The molecule has 0 aromatic rings. The Hall–Kier alpha value is -0.480. The van der Waals surface area contributed by atoms with E-state index in [4.69, 9.17) is 57.2 Å². The van der Waals surface area contributed by atoms with Gasteiger partial charge in [-0.1, -0.05) is 13.3 Å². The molecule has 1 saturated heterocycles. The Balaban J connectivity index is 2.57. The maximum Gasteiger partial charge on any atom is 0.138 e. The topological polar surface area (TPSA) is 122 Å². The highest BCUT2D eigenvalue weighted by molar-refractivity contribution is 4.81. The summed E-state index contributed by atoms with van der Waals surface area (Å²) in [4.78, 5) is 0. The lowest BCUT2D eigenvalue weighted by Crippen LogP contribution is -2.48. The van der Waals surface area contributed by atoms with Crippen molar-refractivity contribution in [3.8, 4) is 0 Å². The summed E-state index contributed by atoms with van der Waals surface area (Å²) in [6.07, 6.45) is 2.01. The first-order valence-corrected chi connectivity index (χ1v) is 13.9. The van der Waals surface area contributed by atoms with Crippen LogP contribution < -0.4 is 0 Å². The molecule has 12 heteroatoms. The predicted molar refractivity (Wildman–Crippen MR) is 139 cm³/mol. The molecule has 0 aromatic carbocycles. The van der Waals surface area contributed by atoms with Gasteiger partial charge in [0, 0.05) is 6.61 Å². The summed E-state index contributed by atoms with van der Waals surface area (Å²) in [5.41, 5.74) is -0.798. The van der Waals surface area contributed by atoms with Gasteiger partial charge in [-0.2, -0.15) is 0 Å². The summed E-state index contributed by atoms with van der Waals surface area (Å²) in [6, 6.07) is 0. The zero-order valence-electron chi connectivity index (χ0n) is 23.4. The van der Waals surface area contributed by atoms with Crippen molar-refractivity contribution in [2.75, 3.05) is 145 Å². The monoisotopic (exact) mass is 556 g/mol. The molecule has 12 nitrogen and oxygen atoms in total. The van der Waals surface area contributed by atoms with Crippen LogP contribution in [0.2, 0.25) is 0 Å². The molecule has 0 atom stereocenters. The van der Waals surface area contributed by atoms with Gasteiger partial charge >= 0.3 is 0 Å². The maximum absolute atomic E-state index is 8.77. The van der Waals surface area contributed by atoms with Crippen molar-refractivity contribution in [1.82, 2.24) is 0 Å². The van der Waals surface area contributed by atoms with Crippen molar-refractivity contribution in [2.24, 2.45) is 0 Å². The van der Waals surface area contributed by atoms with Crippen LogP contribution in [0.4, 0.5) is 0 Å². The Morgan fingerprint density at radius 3 is 1.39 bits per heavy atom. The first-order valence-electron chi connectivity index (χ1n) is 13.9. The van der Waals surface area contributed by atoms with E-state index in [0.717, 1.165) is 12.8 Å². The van der Waals surface area contributed by atoms with Crippen LogP contribution in [0.3, 0.4) is 0 Å². The summed E-state index contributed by atoms with van der Waals surface area (Å²) < 4.78 is 62.5. The number of aliphatic hydroxyl groups is 1. The highest BCUT2D eigenvalue weighted by atomic mass is 16.6. The summed E-state index contributed by atoms with van der Waals surface area (Å²) >= 11 is 0. The van der Waals surface area contributed by atoms with Gasteiger partial charge in [-0.3, -0.25) is 0 Å². The van der Waals surface area contributed by atoms with E-state index in [1.165, 1.54) is 0 Å². The zero-order chi connectivity index (χ0) is 27.2. The Kier molecular flexibility index (Phi) is 26.3. The number of ether oxygens (including phenoxy) is 11. The minimum absolute atomic E-state index is 0.00325. The SMILES string of the molecule is CCCCOCC1(OCCOCCOCCO)COCCOCCOCCOCCOCCOCCOC1. The summed E-state index contributed by atoms with van der Waals surface area (Å²) in [5, 5.41) is 8.77. The number of aliphatic hydroxyl groups excluding tert-OH is 1. The van der Waals surface area contributed by atoms with Gasteiger partial charge in [-0.05, 0) is 6.42 Å². The van der Waals surface area contributed by atoms with Crippen molar-refractivity contribution in [1.29, 1.82) is 0 Å². The molecule has 0 bridgehead atoms. The second kappa shape index (κ2) is 28.1. The third-order valence-electron chi connectivity index (χ3n) is 5.21. The van der Waals surface area contributed by atoms with Gasteiger partial charge in [-0.15, -0.1) is 0 Å². The Morgan fingerprint density at radius 2 is 0.947 bits per heavy atom. The molecule has 38 heavy (non-hydrogen) atoms. The number of hydrogen-bond donors (Lipinski definition) is 1. The largest absolute Gasteiger partial charge is 0.394 e. The van der Waals surface area contributed by atoms with Gasteiger partial charge in [0.2, 0.25) is 0 Å². The Bertz CT molecular complexity index is 450. The van der Waals surface area contributed by atoms with E-state index in [0.29, 0.717) is 126 Å². The van der Waals surface area contributed by atoms with Gasteiger partial charge in [0.05, 0.1) is 139 Å². The van der Waals surface area contributed by atoms with E-state index in [9.17, 15) is 0 Å². The van der Waals surface area contributed by atoms with E-state index in [1.807, 2.05) is 0 Å². The van der Waals surface area contributed by atoms with Gasteiger partial charge in [0.1, 0.15) is 5.60 Å². The van der Waals surface area contributed by atoms with Gasteiger partial charge in [-0.25, -0.2) is 0 Å². The van der Waals surface area contributed by atoms with E-state index in [-0.39, 0.29) is 19.8 Å². The van der Waals surface area contributed by atoms with Crippen LogP contribution in [0.25, 0.3) is 0 Å². The molecule has 1 heterocycles. The number of rotatable bonds is 14. The molecule has 1 aliphatic heterocycles. The molecule has 1 rings (SSSR count). The van der Waals surface area contributed by atoms with Crippen molar-refractivity contribution >= 4 is 0 Å². The fraction of sp³-hybridized carbons (Fsp3) is 1.00. The van der Waals surface area contributed by atoms with Crippen LogP contribution in [-0.2, 0) is 52.1 Å². The lowest BCUT2D eigenvalue weighted by Gasteiger charge is -2.33. The van der Waals surface area contributed by atoms with Crippen LogP contribution in [0.1, 0.15) is 19.8 Å². The second-order valence-corrected chi connectivity index (χ2v) is 8.55. The average molecular weight is 557 g/mol. The fourth-order valence-electron chi connectivity index (χ4n) is 3.19. The molecule has 0 radical (unpaired) electrons. The molecule has 0 aliphatic carbocycles. The van der Waals surface area contributed by atoms with E-state index < -0.39 is 5.60 Å². The second-order valence-electron chi connectivity index (χ2n) is 8.55. The standard InChI is InChI=1S/C26H52O12/c1-2-3-5-35-23-26(38-22-21-34-8-7-28-6-4-27)24-36-19-17-32-15-13-30-11-9-29-10-12-31-14-16-33-18-20-37-25-26/h27H,2-25H2,1H3. The highest BCUT2D eigenvalue weighted by Crippen LogP contribution is 2.15. The summed E-state index contributed by atoms with van der Waals surface area (Å²) in [6.45, 7) is 11.2. The van der Waals surface area contributed by atoms with Crippen molar-refractivity contribution in [3.05, 3.63) is 0 Å². The third-order valence-corrected chi connectivity index (χ3v) is 5.21. The summed E-state index contributed by atoms with van der Waals surface area (Å²) in [5.74, 6) is 0. The lowest BCUT2D eigenvalue weighted by atomic mass is 10.1. The van der Waals surface area contributed by atoms with Crippen LogP contribution in [-0.4, -0.2) is 156 Å². The van der Waals surface area contributed by atoms with Gasteiger partial charge in [0.15, 0.2) is 0 Å². The minimum atomic E-state index is -0.798. The molecular weight excluding hydrogens is 504 g/mol. The molecular formula is C26H52O12. The van der Waals surface area contributed by atoms with E-state index >= 15 is 0 Å². The van der Waals surface area contributed by atoms with E-state index in [2.05, 4.69) is 6.92 Å². The molecule has 0 aromatic heterocycles. The normalized spacial score (nSPS) is 20.4. The molecule has 0 unspecified atom stereocenters. The molecule has 0 amide bonds. The summed E-state index contributed by atoms with van der Waals surface area (Å²) in [7, 11) is 0. The van der Waals surface area contributed by atoms with Crippen molar-refractivity contribution < 1.29 is 57.2 Å². The van der Waals surface area contributed by atoms with Gasteiger partial charge < -0.3 is 57.2 Å². The molecule has 0 saturated carbocycles. The van der Waals surface area contributed by atoms with Crippen molar-refractivity contribution in [2.45, 2.75) is 25.4 Å². The Labute approximate surface area is 228 Å². The predicted octanol–water partition coefficient (Wildman–Crippen LogP) is 0.714. The molecule has 1 fully saturated rings. The highest BCUT2D eigenvalue weighted by Gasteiger charge is 2.33. The zero-order valence-corrected chi connectivity index (χ0v) is 23.4. The number of hydrogen-bond acceptors (Lipinski definition) is 12. The van der Waals surface area contributed by atoms with Gasteiger partial charge in [0.25, 0.3) is 0 Å². The first kappa shape index (κ1) is 35.5. The molecule has 0 spiro atoms. The maximum atomic E-state index is 8.77. The minimum Gasteiger partial charge on any atom is -0.394 e.